The van der Waals surface area contributed by atoms with Crippen LogP contribution >= 0.6 is 0 Å². The van der Waals surface area contributed by atoms with Crippen LogP contribution in [0.2, 0.25) is 0 Å². The topological polar surface area (TPSA) is 17.1 Å². The number of halogens is 3. The van der Waals surface area contributed by atoms with Crippen molar-refractivity contribution in [1.29, 1.82) is 0 Å². The fourth-order valence-electron chi connectivity index (χ4n) is 0.967. The van der Waals surface area contributed by atoms with Crippen LogP contribution < -0.4 is 0 Å². The van der Waals surface area contributed by atoms with Gasteiger partial charge in [0.25, 0.3) is 0 Å². The van der Waals surface area contributed by atoms with Crippen molar-refractivity contribution in [2.75, 3.05) is 0 Å². The average molecular weight is 176 g/mol. The van der Waals surface area contributed by atoms with E-state index in [1.807, 2.05) is 0 Å². The zero-order valence-corrected chi connectivity index (χ0v) is 6.14. The minimum absolute atomic E-state index is 0.131. The number of carbonyl (C=O) groups is 1. The quantitative estimate of drug-likeness (QED) is 0.560. The Balaban J connectivity index is 2.66. The van der Waals surface area contributed by atoms with Gasteiger partial charge in [-0.3, -0.25) is 4.79 Å². The number of alkyl halides is 3. The summed E-state index contributed by atoms with van der Waals surface area (Å²) < 4.78 is 36.0. The van der Waals surface area contributed by atoms with E-state index in [2.05, 4.69) is 0 Å². The predicted molar refractivity (Wildman–Crippen MR) is 37.4 cm³/mol. The highest BCUT2D eigenvalue weighted by atomic mass is 19.4. The lowest BCUT2D eigenvalue weighted by molar-refractivity contribution is -0.160. The van der Waals surface area contributed by atoms with E-state index >= 15 is 0 Å². The summed E-state index contributed by atoms with van der Waals surface area (Å²) in [6.07, 6.45) is -0.262. The van der Waals surface area contributed by atoms with E-state index in [0.29, 0.717) is 11.9 Å². The van der Waals surface area contributed by atoms with Crippen LogP contribution in [0.3, 0.4) is 0 Å². The van der Waals surface area contributed by atoms with Crippen LogP contribution in [0, 0.1) is 5.92 Å². The van der Waals surface area contributed by atoms with Crippen LogP contribution in [-0.4, -0.2) is 12.5 Å². The Morgan fingerprint density at radius 1 is 1.50 bits per heavy atom. The molecule has 0 aromatic rings. The van der Waals surface area contributed by atoms with Crippen molar-refractivity contribution in [1.82, 2.24) is 0 Å². The minimum Gasteiger partial charge on any atom is -0.298 e. The van der Waals surface area contributed by atoms with Crippen molar-refractivity contribution in [3.63, 3.8) is 0 Å². The smallest absolute Gasteiger partial charge is 0.298 e. The van der Waals surface area contributed by atoms with Crippen molar-refractivity contribution in [2.45, 2.75) is 12.6 Å². The highest BCUT2D eigenvalue weighted by Gasteiger charge is 2.37. The van der Waals surface area contributed by atoms with Crippen LogP contribution in [0.1, 0.15) is 6.42 Å². The van der Waals surface area contributed by atoms with Crippen LogP contribution in [0.4, 0.5) is 13.2 Å². The van der Waals surface area contributed by atoms with Crippen molar-refractivity contribution >= 4 is 6.29 Å². The lowest BCUT2D eigenvalue weighted by Crippen LogP contribution is -2.21. The summed E-state index contributed by atoms with van der Waals surface area (Å²) in [6, 6.07) is 0. The summed E-state index contributed by atoms with van der Waals surface area (Å²) in [6.45, 7) is 0. The Labute approximate surface area is 67.6 Å². The molecule has 0 heterocycles. The first-order valence-electron chi connectivity index (χ1n) is 3.44. The second-order valence-electron chi connectivity index (χ2n) is 2.56. The first kappa shape index (κ1) is 9.03. The molecule has 1 nitrogen and oxygen atoms in total. The summed E-state index contributed by atoms with van der Waals surface area (Å²) in [5, 5.41) is 0. The maximum atomic E-state index is 12.0. The van der Waals surface area contributed by atoms with Gasteiger partial charge in [0.05, 0.1) is 5.92 Å². The van der Waals surface area contributed by atoms with Gasteiger partial charge in [-0.2, -0.15) is 13.2 Å². The lowest BCUT2D eigenvalue weighted by Gasteiger charge is -2.17. The Morgan fingerprint density at radius 3 is 2.50 bits per heavy atom. The molecule has 1 rings (SSSR count). The molecule has 0 saturated carbocycles. The van der Waals surface area contributed by atoms with Crippen LogP contribution in [0.5, 0.6) is 0 Å². The number of aldehydes is 1. The van der Waals surface area contributed by atoms with Gasteiger partial charge in [0, 0.05) is 5.57 Å². The molecule has 12 heavy (non-hydrogen) atoms. The third-order valence-corrected chi connectivity index (χ3v) is 1.68. The summed E-state index contributed by atoms with van der Waals surface area (Å²) in [5.74, 6) is -1.43. The van der Waals surface area contributed by atoms with E-state index in [9.17, 15) is 18.0 Å². The van der Waals surface area contributed by atoms with Crippen LogP contribution in [0.15, 0.2) is 23.8 Å². The van der Waals surface area contributed by atoms with E-state index < -0.39 is 12.1 Å². The summed E-state index contributed by atoms with van der Waals surface area (Å²) in [5.41, 5.74) is 0.315. The van der Waals surface area contributed by atoms with Crippen LogP contribution in [-0.2, 0) is 4.79 Å². The van der Waals surface area contributed by atoms with Gasteiger partial charge >= 0.3 is 6.18 Å². The Kier molecular flexibility index (Phi) is 2.35. The molecular weight excluding hydrogens is 169 g/mol. The molecule has 0 amide bonds. The SMILES string of the molecule is O=CC1=CCC(C(F)(F)F)C=C1. The molecule has 0 aliphatic heterocycles. The molecule has 0 aromatic carbocycles. The molecule has 0 bridgehead atoms. The molecule has 1 aliphatic rings. The highest BCUT2D eigenvalue weighted by molar-refractivity contribution is 5.77. The first-order valence-corrected chi connectivity index (χ1v) is 3.44. The van der Waals surface area contributed by atoms with Gasteiger partial charge in [0.1, 0.15) is 6.29 Å². The maximum Gasteiger partial charge on any atom is 0.395 e. The fourth-order valence-corrected chi connectivity index (χ4v) is 0.967. The van der Waals surface area contributed by atoms with E-state index in [1.54, 1.807) is 0 Å². The molecule has 4 heteroatoms. The molecule has 0 saturated heterocycles. The zero-order valence-electron chi connectivity index (χ0n) is 6.14. The normalized spacial score (nSPS) is 23.6. The fraction of sp³-hybridized carbons (Fsp3) is 0.375. The molecular formula is C8H7F3O. The first-order chi connectivity index (χ1) is 5.54. The van der Waals surface area contributed by atoms with Gasteiger partial charge < -0.3 is 0 Å². The summed E-state index contributed by atoms with van der Waals surface area (Å²) in [7, 11) is 0. The summed E-state index contributed by atoms with van der Waals surface area (Å²) >= 11 is 0. The van der Waals surface area contributed by atoms with Gasteiger partial charge in [0.2, 0.25) is 0 Å². The highest BCUT2D eigenvalue weighted by Crippen LogP contribution is 2.32. The predicted octanol–water partition coefficient (Wildman–Crippen LogP) is 2.25. The molecule has 0 fully saturated rings. The Morgan fingerprint density at radius 2 is 2.17 bits per heavy atom. The van der Waals surface area contributed by atoms with Gasteiger partial charge in [-0.05, 0) is 6.42 Å². The summed E-state index contributed by atoms with van der Waals surface area (Å²) in [4.78, 5) is 10.1. The number of carbonyl (C=O) groups excluding carboxylic acids is 1. The largest absolute Gasteiger partial charge is 0.395 e. The average Bonchev–Trinajstić information content (AvgIpc) is 2.03. The zero-order chi connectivity index (χ0) is 9.19. The van der Waals surface area contributed by atoms with Crippen LogP contribution in [0.25, 0.3) is 0 Å². The maximum absolute atomic E-state index is 12.0. The standard InChI is InChI=1S/C8H7F3O/c9-8(10,11)7-3-1-6(5-12)2-4-7/h1-3,5,7H,4H2. The number of hydrogen-bond acceptors (Lipinski definition) is 1. The molecule has 1 atom stereocenters. The molecule has 66 valence electrons. The van der Waals surface area contributed by atoms with E-state index in [4.69, 9.17) is 0 Å². The van der Waals surface area contributed by atoms with Gasteiger partial charge in [0.15, 0.2) is 0 Å². The molecule has 0 spiro atoms. The Hall–Kier alpha value is -1.06. The van der Waals surface area contributed by atoms with Gasteiger partial charge in [-0.25, -0.2) is 0 Å². The number of allylic oxidation sites excluding steroid dienone is 4. The minimum atomic E-state index is -4.19. The van der Waals surface area contributed by atoms with Crippen molar-refractivity contribution in [3.05, 3.63) is 23.8 Å². The number of hydrogen-bond donors (Lipinski definition) is 0. The molecule has 0 radical (unpaired) electrons. The molecule has 1 aliphatic carbocycles. The van der Waals surface area contributed by atoms with Crippen molar-refractivity contribution in [3.8, 4) is 0 Å². The Bertz CT molecular complexity index is 237. The number of rotatable bonds is 1. The second kappa shape index (κ2) is 3.13. The van der Waals surface area contributed by atoms with E-state index in [-0.39, 0.29) is 6.42 Å². The molecule has 0 N–H and O–H groups in total. The van der Waals surface area contributed by atoms with Crippen molar-refractivity contribution in [2.24, 2.45) is 5.92 Å². The van der Waals surface area contributed by atoms with Gasteiger partial charge in [-0.15, -0.1) is 0 Å². The van der Waals surface area contributed by atoms with E-state index in [1.165, 1.54) is 12.2 Å². The second-order valence-corrected chi connectivity index (χ2v) is 2.56. The van der Waals surface area contributed by atoms with E-state index in [0.717, 1.165) is 6.08 Å². The third-order valence-electron chi connectivity index (χ3n) is 1.68. The lowest BCUT2D eigenvalue weighted by atomic mass is 9.97. The van der Waals surface area contributed by atoms with Gasteiger partial charge in [-0.1, -0.05) is 18.2 Å². The third kappa shape index (κ3) is 1.96. The molecule has 1 unspecified atom stereocenters. The monoisotopic (exact) mass is 176 g/mol. The van der Waals surface area contributed by atoms with Crippen molar-refractivity contribution < 1.29 is 18.0 Å². The molecule has 0 aromatic heterocycles.